The Morgan fingerprint density at radius 3 is 2.95 bits per heavy atom. The Kier molecular flexibility index (Phi) is 3.80. The number of carbonyl (C=O) groups excluding carboxylic acids is 2. The average molecular weight is 263 g/mol. The Morgan fingerprint density at radius 1 is 1.58 bits per heavy atom. The third-order valence-corrected chi connectivity index (χ3v) is 3.19. The van der Waals surface area contributed by atoms with Crippen LogP contribution in [-0.2, 0) is 9.59 Å². The van der Waals surface area contributed by atoms with Crippen molar-refractivity contribution in [3.05, 3.63) is 23.9 Å². The molecule has 0 aliphatic carbocycles. The monoisotopic (exact) mass is 263 g/mol. The van der Waals surface area contributed by atoms with E-state index >= 15 is 0 Å². The summed E-state index contributed by atoms with van der Waals surface area (Å²) in [5, 5.41) is 11.9. The summed E-state index contributed by atoms with van der Waals surface area (Å²) in [4.78, 5) is 29.1. The third-order valence-electron chi connectivity index (χ3n) is 3.19. The summed E-state index contributed by atoms with van der Waals surface area (Å²) in [6, 6.07) is 3.01. The fourth-order valence-corrected chi connectivity index (χ4v) is 2.16. The normalized spacial score (nSPS) is 21.2. The molecule has 0 radical (unpaired) electrons. The van der Waals surface area contributed by atoms with Crippen molar-refractivity contribution >= 4 is 17.6 Å². The fourth-order valence-electron chi connectivity index (χ4n) is 2.16. The minimum atomic E-state index is -0.615. The molecule has 2 rings (SSSR count). The van der Waals surface area contributed by atoms with E-state index in [9.17, 15) is 14.7 Å². The van der Waals surface area contributed by atoms with Crippen LogP contribution in [0.3, 0.4) is 0 Å². The molecule has 6 heteroatoms. The Labute approximate surface area is 111 Å². The van der Waals surface area contributed by atoms with Gasteiger partial charge in [-0.15, -0.1) is 0 Å². The van der Waals surface area contributed by atoms with Crippen molar-refractivity contribution in [1.29, 1.82) is 0 Å². The van der Waals surface area contributed by atoms with Gasteiger partial charge in [0.25, 0.3) is 0 Å². The number of amides is 2. The molecule has 1 fully saturated rings. The molecule has 2 N–H and O–H groups in total. The number of nitrogens with one attached hydrogen (secondary N) is 1. The molecule has 1 unspecified atom stereocenters. The SMILES string of the molecule is CCC1C(=O)NC(=O)CN1c1cc([C@@H](C)O)ccn1. The van der Waals surface area contributed by atoms with Crippen molar-refractivity contribution in [3.8, 4) is 0 Å². The lowest BCUT2D eigenvalue weighted by Crippen LogP contribution is -2.58. The van der Waals surface area contributed by atoms with Crippen LogP contribution in [0.25, 0.3) is 0 Å². The van der Waals surface area contributed by atoms with E-state index in [0.717, 1.165) is 0 Å². The quantitative estimate of drug-likeness (QED) is 0.770. The van der Waals surface area contributed by atoms with Gasteiger partial charge in [0.2, 0.25) is 11.8 Å². The Hall–Kier alpha value is -1.95. The van der Waals surface area contributed by atoms with E-state index in [4.69, 9.17) is 0 Å². The van der Waals surface area contributed by atoms with Gasteiger partial charge in [-0.05, 0) is 31.0 Å². The average Bonchev–Trinajstić information content (AvgIpc) is 2.38. The van der Waals surface area contributed by atoms with Gasteiger partial charge in [-0.3, -0.25) is 14.9 Å². The largest absolute Gasteiger partial charge is 0.389 e. The van der Waals surface area contributed by atoms with Crippen molar-refractivity contribution in [2.24, 2.45) is 0 Å². The van der Waals surface area contributed by atoms with Crippen LogP contribution in [0.15, 0.2) is 18.3 Å². The first-order chi connectivity index (χ1) is 9.02. The molecular formula is C13H17N3O3. The van der Waals surface area contributed by atoms with Crippen LogP contribution in [0, 0.1) is 0 Å². The van der Waals surface area contributed by atoms with E-state index in [-0.39, 0.29) is 18.4 Å². The summed E-state index contributed by atoms with van der Waals surface area (Å²) in [6.07, 6.45) is 1.54. The minimum Gasteiger partial charge on any atom is -0.389 e. The van der Waals surface area contributed by atoms with E-state index < -0.39 is 12.1 Å². The second-order valence-electron chi connectivity index (χ2n) is 4.59. The highest BCUT2D eigenvalue weighted by Crippen LogP contribution is 2.22. The molecule has 19 heavy (non-hydrogen) atoms. The second-order valence-corrected chi connectivity index (χ2v) is 4.59. The van der Waals surface area contributed by atoms with E-state index in [2.05, 4.69) is 10.3 Å². The van der Waals surface area contributed by atoms with Crippen LogP contribution >= 0.6 is 0 Å². The van der Waals surface area contributed by atoms with Gasteiger partial charge in [0.1, 0.15) is 11.9 Å². The first kappa shape index (κ1) is 13.5. The van der Waals surface area contributed by atoms with Gasteiger partial charge >= 0.3 is 0 Å². The molecule has 0 saturated carbocycles. The zero-order valence-corrected chi connectivity index (χ0v) is 11.0. The van der Waals surface area contributed by atoms with Crippen molar-refractivity contribution in [3.63, 3.8) is 0 Å². The highest BCUT2D eigenvalue weighted by Gasteiger charge is 2.33. The predicted molar refractivity (Wildman–Crippen MR) is 69.4 cm³/mol. The maximum atomic E-state index is 11.8. The second kappa shape index (κ2) is 5.36. The molecule has 1 aromatic rings. The molecule has 1 aromatic heterocycles. The molecular weight excluding hydrogens is 246 g/mol. The van der Waals surface area contributed by atoms with Gasteiger partial charge in [0, 0.05) is 6.20 Å². The lowest BCUT2D eigenvalue weighted by Gasteiger charge is -2.34. The molecule has 2 atom stereocenters. The number of aliphatic hydroxyl groups excluding tert-OH is 1. The molecule has 2 amide bonds. The van der Waals surface area contributed by atoms with Crippen LogP contribution in [0.1, 0.15) is 31.9 Å². The molecule has 1 aliphatic heterocycles. The number of carbonyl (C=O) groups is 2. The first-order valence-corrected chi connectivity index (χ1v) is 6.27. The number of imide groups is 1. The van der Waals surface area contributed by atoms with Gasteiger partial charge in [0.15, 0.2) is 0 Å². The Bertz CT molecular complexity index is 502. The highest BCUT2D eigenvalue weighted by molar-refractivity contribution is 6.04. The molecule has 1 saturated heterocycles. The van der Waals surface area contributed by atoms with E-state index in [1.807, 2.05) is 6.92 Å². The van der Waals surface area contributed by atoms with Crippen molar-refractivity contribution in [2.75, 3.05) is 11.4 Å². The van der Waals surface area contributed by atoms with Crippen molar-refractivity contribution in [1.82, 2.24) is 10.3 Å². The minimum absolute atomic E-state index is 0.0977. The standard InChI is InChI=1S/C13H17N3O3/c1-3-10-13(19)15-12(18)7-16(10)11-6-9(8(2)17)4-5-14-11/h4-6,8,10,17H,3,7H2,1-2H3,(H,15,18,19)/t8-,10?/m1/s1. The smallest absolute Gasteiger partial charge is 0.249 e. The van der Waals surface area contributed by atoms with E-state index in [0.29, 0.717) is 17.8 Å². The lowest BCUT2D eigenvalue weighted by atomic mass is 10.1. The van der Waals surface area contributed by atoms with Crippen LogP contribution in [0.2, 0.25) is 0 Å². The van der Waals surface area contributed by atoms with E-state index in [1.165, 1.54) is 0 Å². The zero-order chi connectivity index (χ0) is 14.0. The van der Waals surface area contributed by atoms with Crippen LogP contribution in [0.4, 0.5) is 5.82 Å². The van der Waals surface area contributed by atoms with Gasteiger partial charge in [-0.2, -0.15) is 0 Å². The number of hydrogen-bond donors (Lipinski definition) is 2. The number of pyridine rings is 1. The molecule has 0 aromatic carbocycles. The van der Waals surface area contributed by atoms with Crippen LogP contribution in [0.5, 0.6) is 0 Å². The molecule has 6 nitrogen and oxygen atoms in total. The molecule has 1 aliphatic rings. The summed E-state index contributed by atoms with van der Waals surface area (Å²) in [7, 11) is 0. The number of nitrogens with zero attached hydrogens (tertiary/aromatic N) is 2. The molecule has 2 heterocycles. The molecule has 0 spiro atoms. The zero-order valence-electron chi connectivity index (χ0n) is 11.0. The topological polar surface area (TPSA) is 82.5 Å². The van der Waals surface area contributed by atoms with Crippen LogP contribution in [-0.4, -0.2) is 34.5 Å². The third kappa shape index (κ3) is 2.73. The number of aliphatic hydroxyl groups is 1. The van der Waals surface area contributed by atoms with Gasteiger partial charge in [-0.25, -0.2) is 4.98 Å². The van der Waals surface area contributed by atoms with Crippen molar-refractivity contribution < 1.29 is 14.7 Å². The highest BCUT2D eigenvalue weighted by atomic mass is 16.3. The fraction of sp³-hybridized carbons (Fsp3) is 0.462. The summed E-state index contributed by atoms with van der Waals surface area (Å²) in [5.41, 5.74) is 0.707. The summed E-state index contributed by atoms with van der Waals surface area (Å²) >= 11 is 0. The maximum absolute atomic E-state index is 11.8. The number of anilines is 1. The van der Waals surface area contributed by atoms with Gasteiger partial charge in [0.05, 0.1) is 12.6 Å². The number of piperazine rings is 1. The predicted octanol–water partition coefficient (Wildman–Crippen LogP) is 0.376. The number of hydrogen-bond acceptors (Lipinski definition) is 5. The van der Waals surface area contributed by atoms with Crippen molar-refractivity contribution in [2.45, 2.75) is 32.4 Å². The van der Waals surface area contributed by atoms with Crippen LogP contribution < -0.4 is 10.2 Å². The number of aromatic nitrogens is 1. The van der Waals surface area contributed by atoms with E-state index in [1.54, 1.807) is 30.2 Å². The van der Waals surface area contributed by atoms with Gasteiger partial charge in [-0.1, -0.05) is 6.92 Å². The summed E-state index contributed by atoms with van der Waals surface area (Å²) in [6.45, 7) is 3.64. The lowest BCUT2D eigenvalue weighted by molar-refractivity contribution is -0.132. The Balaban J connectivity index is 2.34. The summed E-state index contributed by atoms with van der Waals surface area (Å²) < 4.78 is 0. The summed E-state index contributed by atoms with van der Waals surface area (Å²) in [5.74, 6) is -0.101. The molecule has 102 valence electrons. The first-order valence-electron chi connectivity index (χ1n) is 6.27. The number of rotatable bonds is 3. The van der Waals surface area contributed by atoms with Gasteiger partial charge < -0.3 is 10.0 Å². The molecule has 0 bridgehead atoms. The Morgan fingerprint density at radius 2 is 2.32 bits per heavy atom. The maximum Gasteiger partial charge on any atom is 0.249 e.